The zero-order chi connectivity index (χ0) is 15.3. The molecule has 3 atom stereocenters. The standard InChI is InChI=1S/C18H20N2O2/c1-11-15-7-2-12-10-19-20-17(12)18(15,9-8-16(11)22)13-3-5-14(21)6-4-13/h3-6,10-11,15,21H,2,7-9H2,1H3,(H,19,20)/t11-,15-,18+/m0/s1. The summed E-state index contributed by atoms with van der Waals surface area (Å²) in [5.41, 5.74) is 3.45. The second kappa shape index (κ2) is 4.70. The Morgan fingerprint density at radius 1 is 1.27 bits per heavy atom. The molecule has 4 rings (SSSR count). The summed E-state index contributed by atoms with van der Waals surface area (Å²) in [5, 5.41) is 17.1. The largest absolute Gasteiger partial charge is 0.508 e. The fraction of sp³-hybridized carbons (Fsp3) is 0.444. The van der Waals surface area contributed by atoms with Gasteiger partial charge in [-0.1, -0.05) is 19.1 Å². The number of Topliss-reactive ketones (excluding diaryl/α,β-unsaturated/α-hetero) is 1. The van der Waals surface area contributed by atoms with E-state index in [1.807, 2.05) is 18.3 Å². The minimum absolute atomic E-state index is 0.0685. The predicted octanol–water partition coefficient (Wildman–Crippen LogP) is 2.96. The third kappa shape index (κ3) is 1.70. The molecule has 0 unspecified atom stereocenters. The average Bonchev–Trinajstić information content (AvgIpc) is 3.01. The molecule has 0 radical (unpaired) electrons. The van der Waals surface area contributed by atoms with Gasteiger partial charge in [0, 0.05) is 23.4 Å². The molecule has 2 aromatic rings. The highest BCUT2D eigenvalue weighted by Gasteiger charge is 2.52. The van der Waals surface area contributed by atoms with Crippen molar-refractivity contribution in [2.24, 2.45) is 11.8 Å². The summed E-state index contributed by atoms with van der Waals surface area (Å²) in [6.07, 6.45) is 5.35. The van der Waals surface area contributed by atoms with Gasteiger partial charge in [-0.25, -0.2) is 0 Å². The van der Waals surface area contributed by atoms with Crippen molar-refractivity contribution in [2.75, 3.05) is 0 Å². The lowest BCUT2D eigenvalue weighted by atomic mass is 9.53. The number of nitrogens with zero attached hydrogens (tertiary/aromatic N) is 1. The van der Waals surface area contributed by atoms with Gasteiger partial charge in [-0.05, 0) is 48.4 Å². The topological polar surface area (TPSA) is 66.0 Å². The van der Waals surface area contributed by atoms with Gasteiger partial charge in [-0.15, -0.1) is 0 Å². The molecule has 0 saturated heterocycles. The number of rotatable bonds is 1. The van der Waals surface area contributed by atoms with Crippen LogP contribution >= 0.6 is 0 Å². The molecule has 4 nitrogen and oxygen atoms in total. The summed E-state index contributed by atoms with van der Waals surface area (Å²) in [5.74, 6) is 1.02. The van der Waals surface area contributed by atoms with Crippen molar-refractivity contribution < 1.29 is 9.90 Å². The SMILES string of the molecule is C[C@@H]1C(=O)CC[C@]2(c3ccc(O)cc3)c3[nH]ncc3CC[C@@H]12. The number of aromatic nitrogens is 2. The number of phenolic OH excluding ortho intramolecular Hbond substituents is 1. The Kier molecular flexibility index (Phi) is 2.90. The van der Waals surface area contributed by atoms with Crippen LogP contribution in [0, 0.1) is 11.8 Å². The first-order chi connectivity index (χ1) is 10.6. The van der Waals surface area contributed by atoms with E-state index in [9.17, 15) is 9.90 Å². The van der Waals surface area contributed by atoms with Gasteiger partial charge in [0.1, 0.15) is 11.5 Å². The van der Waals surface area contributed by atoms with E-state index >= 15 is 0 Å². The number of phenols is 1. The van der Waals surface area contributed by atoms with Crippen LogP contribution < -0.4 is 0 Å². The second-order valence-electron chi connectivity index (χ2n) is 6.69. The first kappa shape index (κ1) is 13.6. The number of hydrogen-bond donors (Lipinski definition) is 2. The normalized spacial score (nSPS) is 30.7. The molecule has 4 heteroatoms. The van der Waals surface area contributed by atoms with Crippen molar-refractivity contribution in [3.8, 4) is 5.75 Å². The first-order valence-electron chi connectivity index (χ1n) is 7.98. The Labute approximate surface area is 129 Å². The summed E-state index contributed by atoms with van der Waals surface area (Å²) in [6.45, 7) is 2.07. The second-order valence-corrected chi connectivity index (χ2v) is 6.69. The number of benzene rings is 1. The van der Waals surface area contributed by atoms with Crippen molar-refractivity contribution in [2.45, 2.75) is 38.0 Å². The number of ketones is 1. The summed E-state index contributed by atoms with van der Waals surface area (Å²) in [7, 11) is 0. The number of aromatic hydroxyl groups is 1. The highest BCUT2D eigenvalue weighted by molar-refractivity contribution is 5.83. The maximum absolute atomic E-state index is 12.3. The lowest BCUT2D eigenvalue weighted by Crippen LogP contribution is -2.49. The van der Waals surface area contributed by atoms with Crippen LogP contribution in [0.4, 0.5) is 0 Å². The summed E-state index contributed by atoms with van der Waals surface area (Å²) in [6, 6.07) is 7.49. The number of nitrogens with one attached hydrogen (secondary N) is 1. The van der Waals surface area contributed by atoms with Crippen molar-refractivity contribution in [3.05, 3.63) is 47.3 Å². The van der Waals surface area contributed by atoms with Crippen LogP contribution in [0.15, 0.2) is 30.5 Å². The van der Waals surface area contributed by atoms with Gasteiger partial charge in [0.25, 0.3) is 0 Å². The fourth-order valence-corrected chi connectivity index (χ4v) is 4.65. The third-order valence-corrected chi connectivity index (χ3v) is 5.78. The predicted molar refractivity (Wildman–Crippen MR) is 82.7 cm³/mol. The Hall–Kier alpha value is -2.10. The van der Waals surface area contributed by atoms with Crippen molar-refractivity contribution in [1.82, 2.24) is 10.2 Å². The lowest BCUT2D eigenvalue weighted by Gasteiger charge is -2.49. The summed E-state index contributed by atoms with van der Waals surface area (Å²) < 4.78 is 0. The molecular weight excluding hydrogens is 276 g/mol. The molecule has 1 aromatic carbocycles. The molecule has 1 heterocycles. The van der Waals surface area contributed by atoms with Crippen LogP contribution in [0.5, 0.6) is 5.75 Å². The van der Waals surface area contributed by atoms with Gasteiger partial charge in [0.05, 0.1) is 6.20 Å². The van der Waals surface area contributed by atoms with E-state index in [-0.39, 0.29) is 17.1 Å². The molecule has 2 aliphatic rings. The van der Waals surface area contributed by atoms with Crippen LogP contribution in [0.1, 0.15) is 43.0 Å². The number of H-pyrrole nitrogens is 1. The minimum Gasteiger partial charge on any atom is -0.508 e. The van der Waals surface area contributed by atoms with Crippen LogP contribution in [-0.4, -0.2) is 21.1 Å². The van der Waals surface area contributed by atoms with Crippen LogP contribution in [-0.2, 0) is 16.6 Å². The highest BCUT2D eigenvalue weighted by atomic mass is 16.3. The van der Waals surface area contributed by atoms with E-state index in [2.05, 4.69) is 17.1 Å². The highest BCUT2D eigenvalue weighted by Crippen LogP contribution is 2.54. The van der Waals surface area contributed by atoms with Gasteiger partial charge in [-0.3, -0.25) is 9.89 Å². The maximum Gasteiger partial charge on any atom is 0.136 e. The zero-order valence-corrected chi connectivity index (χ0v) is 12.7. The molecule has 114 valence electrons. The van der Waals surface area contributed by atoms with E-state index in [1.165, 1.54) is 16.8 Å². The zero-order valence-electron chi connectivity index (χ0n) is 12.7. The Morgan fingerprint density at radius 3 is 2.82 bits per heavy atom. The molecule has 0 bridgehead atoms. The maximum atomic E-state index is 12.3. The van der Waals surface area contributed by atoms with Gasteiger partial charge in [-0.2, -0.15) is 5.10 Å². The molecular formula is C18H20N2O2. The van der Waals surface area contributed by atoms with Gasteiger partial charge < -0.3 is 5.11 Å². The monoisotopic (exact) mass is 296 g/mol. The quantitative estimate of drug-likeness (QED) is 0.850. The molecule has 2 N–H and O–H groups in total. The molecule has 0 aliphatic heterocycles. The van der Waals surface area contributed by atoms with Crippen LogP contribution in [0.3, 0.4) is 0 Å². The minimum atomic E-state index is -0.175. The molecule has 0 amide bonds. The first-order valence-corrected chi connectivity index (χ1v) is 7.98. The van der Waals surface area contributed by atoms with Crippen LogP contribution in [0.2, 0.25) is 0 Å². The molecule has 22 heavy (non-hydrogen) atoms. The van der Waals surface area contributed by atoms with Gasteiger partial charge in [0.15, 0.2) is 0 Å². The van der Waals surface area contributed by atoms with Gasteiger partial charge in [0.2, 0.25) is 0 Å². The van der Waals surface area contributed by atoms with Gasteiger partial charge >= 0.3 is 0 Å². The van der Waals surface area contributed by atoms with E-state index in [4.69, 9.17) is 0 Å². The van der Waals surface area contributed by atoms with Crippen molar-refractivity contribution >= 4 is 5.78 Å². The van der Waals surface area contributed by atoms with Crippen LogP contribution in [0.25, 0.3) is 0 Å². The Balaban J connectivity index is 1.94. The van der Waals surface area contributed by atoms with Crippen molar-refractivity contribution in [1.29, 1.82) is 0 Å². The number of aryl methyl sites for hydroxylation is 1. The third-order valence-electron chi connectivity index (χ3n) is 5.78. The van der Waals surface area contributed by atoms with E-state index in [1.54, 1.807) is 12.1 Å². The molecule has 1 aromatic heterocycles. The summed E-state index contributed by atoms with van der Waals surface area (Å²) in [4.78, 5) is 12.3. The number of carbonyl (C=O) groups excluding carboxylic acids is 1. The van der Waals surface area contributed by atoms with Crippen molar-refractivity contribution in [3.63, 3.8) is 0 Å². The number of aromatic amines is 1. The Bertz CT molecular complexity index is 719. The van der Waals surface area contributed by atoms with E-state index in [0.29, 0.717) is 18.1 Å². The fourth-order valence-electron chi connectivity index (χ4n) is 4.65. The lowest BCUT2D eigenvalue weighted by molar-refractivity contribution is -0.128. The van der Waals surface area contributed by atoms with E-state index < -0.39 is 0 Å². The summed E-state index contributed by atoms with van der Waals surface area (Å²) >= 11 is 0. The number of carbonyl (C=O) groups is 1. The molecule has 1 fully saturated rings. The van der Waals surface area contributed by atoms with E-state index in [0.717, 1.165) is 19.3 Å². The number of fused-ring (bicyclic) bond motifs is 3. The number of hydrogen-bond acceptors (Lipinski definition) is 3. The molecule has 0 spiro atoms. The average molecular weight is 296 g/mol. The smallest absolute Gasteiger partial charge is 0.136 e. The molecule has 1 saturated carbocycles. The molecule has 2 aliphatic carbocycles. The Morgan fingerprint density at radius 2 is 2.05 bits per heavy atom.